The molecule has 29 heavy (non-hydrogen) atoms. The summed E-state index contributed by atoms with van der Waals surface area (Å²) >= 11 is 0. The number of benzene rings is 2. The fourth-order valence-electron chi connectivity index (χ4n) is 3.71. The van der Waals surface area contributed by atoms with Crippen LogP contribution in [0.5, 0.6) is 0 Å². The van der Waals surface area contributed by atoms with E-state index < -0.39 is 0 Å². The number of piperidine rings is 1. The van der Waals surface area contributed by atoms with Gasteiger partial charge in [-0.1, -0.05) is 36.4 Å². The Morgan fingerprint density at radius 2 is 1.90 bits per heavy atom. The summed E-state index contributed by atoms with van der Waals surface area (Å²) in [5.41, 5.74) is 3.09. The van der Waals surface area contributed by atoms with Crippen LogP contribution in [0.15, 0.2) is 60.8 Å². The van der Waals surface area contributed by atoms with Crippen LogP contribution in [0.3, 0.4) is 0 Å². The highest BCUT2D eigenvalue weighted by Gasteiger charge is 2.27. The lowest BCUT2D eigenvalue weighted by molar-refractivity contribution is 0.0949. The third kappa shape index (κ3) is 4.83. The lowest BCUT2D eigenvalue weighted by Crippen LogP contribution is -2.30. The van der Waals surface area contributed by atoms with Crippen LogP contribution in [-0.2, 0) is 6.54 Å². The number of carbonyl (C=O) groups excluding carboxylic acids is 1. The number of nitrogens with zero attached hydrogens (tertiary/aromatic N) is 2. The third-order valence-electron chi connectivity index (χ3n) is 5.13. The van der Waals surface area contributed by atoms with Crippen LogP contribution >= 0.6 is 12.4 Å². The molecule has 1 aliphatic rings. The van der Waals surface area contributed by atoms with Crippen molar-refractivity contribution in [3.63, 3.8) is 0 Å². The van der Waals surface area contributed by atoms with Gasteiger partial charge in [0, 0.05) is 12.5 Å². The van der Waals surface area contributed by atoms with Gasteiger partial charge in [-0.15, -0.1) is 12.4 Å². The van der Waals surface area contributed by atoms with Crippen molar-refractivity contribution < 1.29 is 9.18 Å². The smallest absolute Gasteiger partial charge is 0.255 e. The van der Waals surface area contributed by atoms with Crippen molar-refractivity contribution in [2.45, 2.75) is 25.3 Å². The maximum atomic E-state index is 13.8. The molecule has 7 heteroatoms. The summed E-state index contributed by atoms with van der Waals surface area (Å²) in [5.74, 6) is -0.274. The van der Waals surface area contributed by atoms with E-state index in [1.54, 1.807) is 16.9 Å². The number of carbonyl (C=O) groups is 1. The molecular formula is C22H24ClFN4O. The molecule has 1 aromatic heterocycles. The standard InChI is InChI=1S/C22H23FN4O.ClH/c23-18-7-4-8-19(13-18)27-21(17-9-11-24-12-10-17)20(15-26-27)22(28)25-14-16-5-2-1-3-6-16;/h1-8,13,15,17,24H,9-12,14H2,(H,25,28);1H. The number of amides is 1. The maximum absolute atomic E-state index is 13.8. The van der Waals surface area contributed by atoms with Gasteiger partial charge in [-0.25, -0.2) is 9.07 Å². The normalized spacial score (nSPS) is 14.2. The minimum atomic E-state index is -0.320. The average molecular weight is 415 g/mol. The van der Waals surface area contributed by atoms with Gasteiger partial charge in [0.05, 0.1) is 23.1 Å². The molecule has 5 nitrogen and oxygen atoms in total. The quantitative estimate of drug-likeness (QED) is 0.667. The second kappa shape index (κ2) is 9.67. The fraction of sp³-hybridized carbons (Fsp3) is 0.273. The molecule has 1 saturated heterocycles. The second-order valence-corrected chi connectivity index (χ2v) is 7.03. The monoisotopic (exact) mass is 414 g/mol. The molecule has 152 valence electrons. The van der Waals surface area contributed by atoms with Crippen molar-refractivity contribution >= 4 is 18.3 Å². The number of aromatic nitrogens is 2. The van der Waals surface area contributed by atoms with E-state index in [-0.39, 0.29) is 30.0 Å². The van der Waals surface area contributed by atoms with E-state index in [0.29, 0.717) is 17.8 Å². The molecule has 0 atom stereocenters. The van der Waals surface area contributed by atoms with Gasteiger partial charge >= 0.3 is 0 Å². The van der Waals surface area contributed by atoms with E-state index in [4.69, 9.17) is 0 Å². The Hall–Kier alpha value is -2.70. The topological polar surface area (TPSA) is 59.0 Å². The molecule has 0 spiro atoms. The molecule has 0 bridgehead atoms. The van der Waals surface area contributed by atoms with Crippen LogP contribution < -0.4 is 10.6 Å². The van der Waals surface area contributed by atoms with Crippen LogP contribution in [0.4, 0.5) is 4.39 Å². The molecule has 2 heterocycles. The summed E-state index contributed by atoms with van der Waals surface area (Å²) in [4.78, 5) is 12.9. The first-order valence-electron chi connectivity index (χ1n) is 9.59. The minimum Gasteiger partial charge on any atom is -0.348 e. The van der Waals surface area contributed by atoms with Crippen LogP contribution in [0, 0.1) is 5.82 Å². The first kappa shape index (κ1) is 21.0. The Morgan fingerprint density at radius 3 is 2.62 bits per heavy atom. The van der Waals surface area contributed by atoms with Gasteiger partial charge < -0.3 is 10.6 Å². The summed E-state index contributed by atoms with van der Waals surface area (Å²) in [5, 5.41) is 10.8. The number of hydrogen-bond acceptors (Lipinski definition) is 3. The van der Waals surface area contributed by atoms with Crippen molar-refractivity contribution in [3.05, 3.63) is 83.4 Å². The highest BCUT2D eigenvalue weighted by molar-refractivity contribution is 5.95. The summed E-state index contributed by atoms with van der Waals surface area (Å²) < 4.78 is 15.5. The van der Waals surface area contributed by atoms with Gasteiger partial charge in [0.1, 0.15) is 5.82 Å². The zero-order valence-electron chi connectivity index (χ0n) is 16.0. The SMILES string of the molecule is Cl.O=C(NCc1ccccc1)c1cnn(-c2cccc(F)c2)c1C1CCNCC1. The summed E-state index contributed by atoms with van der Waals surface area (Å²) in [7, 11) is 0. The van der Waals surface area contributed by atoms with Crippen LogP contribution in [0.2, 0.25) is 0 Å². The lowest BCUT2D eigenvalue weighted by Gasteiger charge is -2.24. The Kier molecular flexibility index (Phi) is 7.01. The number of nitrogens with one attached hydrogen (secondary N) is 2. The number of hydrogen-bond donors (Lipinski definition) is 2. The molecule has 4 rings (SSSR count). The number of halogens is 2. The Labute approximate surface area is 175 Å². The highest BCUT2D eigenvalue weighted by Crippen LogP contribution is 2.30. The molecule has 0 aliphatic carbocycles. The molecule has 0 unspecified atom stereocenters. The molecule has 1 aliphatic heterocycles. The average Bonchev–Trinajstić information content (AvgIpc) is 3.19. The van der Waals surface area contributed by atoms with Crippen LogP contribution in [0.25, 0.3) is 5.69 Å². The first-order valence-corrected chi connectivity index (χ1v) is 9.59. The Balaban J connectivity index is 0.00000240. The van der Waals surface area contributed by atoms with Crippen molar-refractivity contribution in [1.29, 1.82) is 0 Å². The number of rotatable bonds is 5. The minimum absolute atomic E-state index is 0. The zero-order valence-corrected chi connectivity index (χ0v) is 16.8. The molecule has 0 saturated carbocycles. The van der Waals surface area contributed by atoms with Crippen LogP contribution in [0.1, 0.15) is 40.4 Å². The van der Waals surface area contributed by atoms with Crippen LogP contribution in [-0.4, -0.2) is 28.8 Å². The van der Waals surface area contributed by atoms with E-state index in [1.807, 2.05) is 36.4 Å². The third-order valence-corrected chi connectivity index (χ3v) is 5.13. The predicted octanol–water partition coefficient (Wildman–Crippen LogP) is 3.83. The van der Waals surface area contributed by atoms with E-state index >= 15 is 0 Å². The van der Waals surface area contributed by atoms with Gasteiger partial charge in [-0.3, -0.25) is 4.79 Å². The van der Waals surface area contributed by atoms with Crippen molar-refractivity contribution in [3.8, 4) is 5.69 Å². The largest absolute Gasteiger partial charge is 0.348 e. The zero-order chi connectivity index (χ0) is 19.3. The molecule has 2 aromatic carbocycles. The molecule has 3 aromatic rings. The predicted molar refractivity (Wildman–Crippen MR) is 113 cm³/mol. The van der Waals surface area contributed by atoms with Gasteiger partial charge in [0.25, 0.3) is 5.91 Å². The van der Waals surface area contributed by atoms with E-state index in [9.17, 15) is 9.18 Å². The molecular weight excluding hydrogens is 391 g/mol. The van der Waals surface area contributed by atoms with Crippen molar-refractivity contribution in [2.24, 2.45) is 0 Å². The highest BCUT2D eigenvalue weighted by atomic mass is 35.5. The lowest BCUT2D eigenvalue weighted by atomic mass is 9.91. The molecule has 0 radical (unpaired) electrons. The maximum Gasteiger partial charge on any atom is 0.255 e. The first-order chi connectivity index (χ1) is 13.7. The summed E-state index contributed by atoms with van der Waals surface area (Å²) in [6.45, 7) is 2.24. The fourth-order valence-corrected chi connectivity index (χ4v) is 3.71. The van der Waals surface area contributed by atoms with Gasteiger partial charge in [0.2, 0.25) is 0 Å². The van der Waals surface area contributed by atoms with E-state index in [0.717, 1.165) is 37.2 Å². The van der Waals surface area contributed by atoms with E-state index in [1.165, 1.54) is 12.1 Å². The van der Waals surface area contributed by atoms with E-state index in [2.05, 4.69) is 15.7 Å². The molecule has 1 fully saturated rings. The summed E-state index contributed by atoms with van der Waals surface area (Å²) in [6, 6.07) is 16.1. The Bertz CT molecular complexity index is 954. The van der Waals surface area contributed by atoms with Gasteiger partial charge in [-0.05, 0) is 49.7 Å². The second-order valence-electron chi connectivity index (χ2n) is 7.03. The Morgan fingerprint density at radius 1 is 1.14 bits per heavy atom. The van der Waals surface area contributed by atoms with Gasteiger partial charge in [0.15, 0.2) is 0 Å². The molecule has 1 amide bonds. The summed E-state index contributed by atoms with van der Waals surface area (Å²) in [6.07, 6.45) is 3.43. The molecule has 2 N–H and O–H groups in total. The van der Waals surface area contributed by atoms with Crippen molar-refractivity contribution in [2.75, 3.05) is 13.1 Å². The van der Waals surface area contributed by atoms with Crippen molar-refractivity contribution in [1.82, 2.24) is 20.4 Å². The van der Waals surface area contributed by atoms with Gasteiger partial charge in [-0.2, -0.15) is 5.10 Å².